The van der Waals surface area contributed by atoms with Gasteiger partial charge in [0.05, 0.1) is 31.9 Å². The van der Waals surface area contributed by atoms with Crippen molar-refractivity contribution in [3.63, 3.8) is 0 Å². The van der Waals surface area contributed by atoms with E-state index >= 15 is 0 Å². The minimum atomic E-state index is 1.09. The number of rotatable bonds is 2. The van der Waals surface area contributed by atoms with E-state index in [2.05, 4.69) is 103 Å². The number of para-hydroxylation sites is 2. The first-order valence-corrected chi connectivity index (χ1v) is 11.5. The molecular weight excluding hydrogens is 388 g/mol. The molecule has 2 aliphatic rings. The van der Waals surface area contributed by atoms with Crippen molar-refractivity contribution in [1.29, 1.82) is 0 Å². The molecule has 0 amide bonds. The molecule has 0 atom stereocenters. The van der Waals surface area contributed by atoms with Crippen molar-refractivity contribution in [1.82, 2.24) is 0 Å². The van der Waals surface area contributed by atoms with Gasteiger partial charge in [-0.2, -0.15) is 0 Å². The Morgan fingerprint density at radius 3 is 2.47 bits per heavy atom. The number of nitrogens with zero attached hydrogens (tertiary/aromatic N) is 4. The molecule has 30 heavy (non-hydrogen) atoms. The van der Waals surface area contributed by atoms with Crippen LogP contribution in [-0.2, 0) is 7.05 Å². The van der Waals surface area contributed by atoms with Gasteiger partial charge in [-0.1, -0.05) is 42.1 Å². The predicted molar refractivity (Wildman–Crippen MR) is 128 cm³/mol. The summed E-state index contributed by atoms with van der Waals surface area (Å²) >= 11 is 1.86. The lowest BCUT2D eigenvalue weighted by Crippen LogP contribution is -2.57. The number of benzene rings is 2. The molecule has 0 radical (unpaired) electrons. The fourth-order valence-corrected chi connectivity index (χ4v) is 5.59. The number of fused-ring (bicyclic) bond motifs is 2. The largest absolute Gasteiger partial charge is 0.338 e. The van der Waals surface area contributed by atoms with Crippen LogP contribution in [0.3, 0.4) is 0 Å². The Bertz CT molecular complexity index is 1140. The molecule has 1 fully saturated rings. The topological polar surface area (TPSA) is 10.4 Å². The average molecular weight is 419 g/mol. The third kappa shape index (κ3) is 3.36. The monoisotopic (exact) mass is 418 g/mol. The summed E-state index contributed by atoms with van der Waals surface area (Å²) in [5.41, 5.74) is 3.86. The van der Waals surface area contributed by atoms with Crippen LogP contribution in [-0.4, -0.2) is 51.8 Å². The van der Waals surface area contributed by atoms with Gasteiger partial charge in [-0.25, -0.2) is 4.57 Å². The summed E-state index contributed by atoms with van der Waals surface area (Å²) in [6, 6.07) is 19.8. The van der Waals surface area contributed by atoms with Gasteiger partial charge in [0, 0.05) is 23.4 Å². The van der Waals surface area contributed by atoms with Crippen molar-refractivity contribution in [3.05, 3.63) is 65.2 Å². The Morgan fingerprint density at radius 1 is 1.00 bits per heavy atom. The highest BCUT2D eigenvalue weighted by atomic mass is 32.2. The standard InChI is InChI=1S/C25H30N4S/c1-26-21-10-6-5-9-20(21)19(17-24(26)28-13-15-29(3,4)16-14-28)18-25-27(2)22-11-7-8-12-23(22)30-25/h5-12,17-18H,13-16H2,1-4H3/q+2. The number of aromatic nitrogens is 1. The Kier molecular flexibility index (Phi) is 4.75. The van der Waals surface area contributed by atoms with Gasteiger partial charge in [0.25, 0.3) is 5.82 Å². The summed E-state index contributed by atoms with van der Waals surface area (Å²) in [6.07, 6.45) is 2.36. The quantitative estimate of drug-likeness (QED) is 0.458. The first-order chi connectivity index (χ1) is 14.4. The van der Waals surface area contributed by atoms with E-state index < -0.39 is 0 Å². The van der Waals surface area contributed by atoms with Gasteiger partial charge in [-0.05, 0) is 29.8 Å². The molecule has 0 unspecified atom stereocenters. The van der Waals surface area contributed by atoms with Gasteiger partial charge in [-0.3, -0.25) is 4.90 Å². The molecule has 0 spiro atoms. The third-order valence-electron chi connectivity index (χ3n) is 6.53. The van der Waals surface area contributed by atoms with Crippen molar-refractivity contribution >= 4 is 40.2 Å². The van der Waals surface area contributed by atoms with E-state index in [9.17, 15) is 0 Å². The lowest BCUT2D eigenvalue weighted by atomic mass is 10.1. The van der Waals surface area contributed by atoms with E-state index in [0.29, 0.717) is 0 Å². The van der Waals surface area contributed by atoms with Gasteiger partial charge in [-0.15, -0.1) is 0 Å². The second-order valence-corrected chi connectivity index (χ2v) is 10.1. The molecule has 5 heteroatoms. The highest BCUT2D eigenvalue weighted by molar-refractivity contribution is 8.03. The number of piperazine rings is 1. The maximum absolute atomic E-state index is 2.55. The predicted octanol–water partition coefficient (Wildman–Crippen LogP) is 4.10. The van der Waals surface area contributed by atoms with E-state index in [1.54, 1.807) is 0 Å². The molecule has 154 valence electrons. The summed E-state index contributed by atoms with van der Waals surface area (Å²) in [4.78, 5) is 6.19. The number of hydrogen-bond acceptors (Lipinski definition) is 3. The molecule has 0 saturated carbocycles. The first kappa shape index (κ1) is 19.5. The minimum absolute atomic E-state index is 1.09. The maximum Gasteiger partial charge on any atom is 0.277 e. The zero-order valence-corrected chi connectivity index (χ0v) is 19.1. The van der Waals surface area contributed by atoms with E-state index in [0.717, 1.165) is 17.6 Å². The normalized spacial score (nSPS) is 19.5. The third-order valence-corrected chi connectivity index (χ3v) is 7.70. The minimum Gasteiger partial charge on any atom is -0.338 e. The summed E-state index contributed by atoms with van der Waals surface area (Å²) in [5, 5.41) is 2.58. The smallest absolute Gasteiger partial charge is 0.277 e. The zero-order chi connectivity index (χ0) is 20.9. The van der Waals surface area contributed by atoms with Crippen LogP contribution in [0.1, 0.15) is 5.56 Å². The van der Waals surface area contributed by atoms with Crippen LogP contribution in [0.15, 0.2) is 64.5 Å². The number of likely N-dealkylation sites (N-methyl/N-ethyl adjacent to an activating group) is 1. The van der Waals surface area contributed by atoms with Crippen molar-refractivity contribution in [2.24, 2.45) is 7.05 Å². The molecule has 0 aliphatic carbocycles. The fourth-order valence-electron chi connectivity index (χ4n) is 4.49. The van der Waals surface area contributed by atoms with Crippen molar-refractivity contribution in [3.8, 4) is 0 Å². The van der Waals surface area contributed by atoms with E-state index in [-0.39, 0.29) is 0 Å². The molecule has 2 aromatic carbocycles. The lowest BCUT2D eigenvalue weighted by molar-refractivity contribution is -0.891. The number of quaternary nitrogens is 1. The molecule has 5 rings (SSSR count). The maximum atomic E-state index is 2.55. The van der Waals surface area contributed by atoms with Gasteiger partial charge in [0.1, 0.15) is 31.7 Å². The van der Waals surface area contributed by atoms with Crippen LogP contribution >= 0.6 is 11.8 Å². The van der Waals surface area contributed by atoms with Crippen LogP contribution in [0.2, 0.25) is 0 Å². The molecule has 1 aromatic heterocycles. The van der Waals surface area contributed by atoms with Crippen LogP contribution in [0, 0.1) is 0 Å². The fraction of sp³-hybridized carbons (Fsp3) is 0.320. The van der Waals surface area contributed by atoms with Gasteiger partial charge in [0.2, 0.25) is 0 Å². The highest BCUT2D eigenvalue weighted by Gasteiger charge is 2.31. The van der Waals surface area contributed by atoms with Crippen molar-refractivity contribution < 1.29 is 9.05 Å². The molecule has 2 aliphatic heterocycles. The molecular formula is C25H30N4S+2. The molecule has 4 nitrogen and oxygen atoms in total. The number of thioether (sulfide) groups is 1. The Balaban J connectivity index is 1.60. The number of aryl methyl sites for hydroxylation is 1. The SMILES string of the molecule is CN1C(=Cc2cc(N3CC[N+](C)(C)CC3)[n+](C)c3ccccc23)Sc2ccccc21. The molecule has 1 saturated heterocycles. The summed E-state index contributed by atoms with van der Waals surface area (Å²) in [7, 11) is 9.04. The van der Waals surface area contributed by atoms with E-state index in [1.807, 2.05) is 11.8 Å². The van der Waals surface area contributed by atoms with Gasteiger partial charge < -0.3 is 9.38 Å². The highest BCUT2D eigenvalue weighted by Crippen LogP contribution is 2.45. The second kappa shape index (κ2) is 7.33. The average Bonchev–Trinajstić information content (AvgIpc) is 3.06. The Morgan fingerprint density at radius 2 is 1.70 bits per heavy atom. The van der Waals surface area contributed by atoms with Crippen LogP contribution in [0.5, 0.6) is 0 Å². The number of hydrogen-bond donors (Lipinski definition) is 0. The Hall–Kier alpha value is -2.50. The first-order valence-electron chi connectivity index (χ1n) is 10.6. The molecule has 3 aromatic rings. The molecule has 0 bridgehead atoms. The van der Waals surface area contributed by atoms with Gasteiger partial charge in [0.15, 0.2) is 0 Å². The number of pyridine rings is 1. The van der Waals surface area contributed by atoms with Crippen molar-refractivity contribution in [2.75, 3.05) is 57.1 Å². The number of anilines is 2. The van der Waals surface area contributed by atoms with Crippen LogP contribution < -0.4 is 14.4 Å². The van der Waals surface area contributed by atoms with Gasteiger partial charge >= 0.3 is 0 Å². The lowest BCUT2D eigenvalue weighted by Gasteiger charge is -2.36. The van der Waals surface area contributed by atoms with Crippen LogP contribution in [0.25, 0.3) is 17.0 Å². The Labute approximate surface area is 183 Å². The molecule has 0 N–H and O–H groups in total. The second-order valence-electron chi connectivity index (χ2n) is 9.02. The summed E-state index contributed by atoms with van der Waals surface area (Å²) < 4.78 is 3.47. The summed E-state index contributed by atoms with van der Waals surface area (Å²) in [5.74, 6) is 1.31. The van der Waals surface area contributed by atoms with Crippen molar-refractivity contribution in [2.45, 2.75) is 4.90 Å². The zero-order valence-electron chi connectivity index (χ0n) is 18.3. The van der Waals surface area contributed by atoms with E-state index in [1.165, 1.54) is 51.0 Å². The van der Waals surface area contributed by atoms with Crippen LogP contribution in [0.4, 0.5) is 11.5 Å². The van der Waals surface area contributed by atoms with E-state index in [4.69, 9.17) is 0 Å². The molecule has 3 heterocycles. The summed E-state index contributed by atoms with van der Waals surface area (Å²) in [6.45, 7) is 4.54.